The Hall–Kier alpha value is -1.58. The SMILES string of the molecule is C=C/C=C(\C)CNC(=O)CC(CC)C(=O)O. The first-order valence-corrected chi connectivity index (χ1v) is 5.29. The average Bonchev–Trinajstić information content (AvgIpc) is 2.23. The van der Waals surface area contributed by atoms with Crippen molar-refractivity contribution in [1.82, 2.24) is 5.32 Å². The summed E-state index contributed by atoms with van der Waals surface area (Å²) in [6.45, 7) is 7.61. The summed E-state index contributed by atoms with van der Waals surface area (Å²) in [4.78, 5) is 22.1. The molecule has 2 N–H and O–H groups in total. The van der Waals surface area contributed by atoms with E-state index in [1.807, 2.05) is 6.92 Å². The number of carbonyl (C=O) groups is 2. The minimum absolute atomic E-state index is 0.0349. The van der Waals surface area contributed by atoms with Gasteiger partial charge in [0.2, 0.25) is 5.91 Å². The number of allylic oxidation sites excluding steroid dienone is 2. The maximum Gasteiger partial charge on any atom is 0.307 e. The number of carboxylic acid groups (broad SMARTS) is 1. The van der Waals surface area contributed by atoms with Gasteiger partial charge in [-0.15, -0.1) is 0 Å². The molecule has 0 fully saturated rings. The zero-order valence-electron chi connectivity index (χ0n) is 9.82. The van der Waals surface area contributed by atoms with Crippen LogP contribution in [-0.2, 0) is 9.59 Å². The van der Waals surface area contributed by atoms with E-state index >= 15 is 0 Å². The molecule has 4 nitrogen and oxygen atoms in total. The summed E-state index contributed by atoms with van der Waals surface area (Å²) in [6, 6.07) is 0. The molecular formula is C12H19NO3. The van der Waals surface area contributed by atoms with E-state index in [4.69, 9.17) is 5.11 Å². The van der Waals surface area contributed by atoms with Crippen LogP contribution >= 0.6 is 0 Å². The highest BCUT2D eigenvalue weighted by Gasteiger charge is 2.18. The summed E-state index contributed by atoms with van der Waals surface area (Å²) in [7, 11) is 0. The van der Waals surface area contributed by atoms with E-state index in [1.54, 1.807) is 19.1 Å². The van der Waals surface area contributed by atoms with Crippen molar-refractivity contribution in [2.24, 2.45) is 5.92 Å². The van der Waals surface area contributed by atoms with Crippen LogP contribution in [0.4, 0.5) is 0 Å². The van der Waals surface area contributed by atoms with Gasteiger partial charge in [-0.3, -0.25) is 9.59 Å². The molecule has 90 valence electrons. The normalized spacial score (nSPS) is 13.0. The lowest BCUT2D eigenvalue weighted by molar-refractivity contribution is -0.144. The molecule has 0 aliphatic heterocycles. The fourth-order valence-corrected chi connectivity index (χ4v) is 1.20. The van der Waals surface area contributed by atoms with Crippen LogP contribution in [0.1, 0.15) is 26.7 Å². The van der Waals surface area contributed by atoms with Crippen molar-refractivity contribution in [3.05, 3.63) is 24.3 Å². The molecule has 0 aromatic rings. The van der Waals surface area contributed by atoms with Gasteiger partial charge in [0.1, 0.15) is 0 Å². The predicted molar refractivity (Wildman–Crippen MR) is 63.0 cm³/mol. The number of amides is 1. The van der Waals surface area contributed by atoms with Gasteiger partial charge in [-0.2, -0.15) is 0 Å². The second-order valence-electron chi connectivity index (χ2n) is 3.67. The molecule has 0 rings (SSSR count). The van der Waals surface area contributed by atoms with Crippen LogP contribution in [0.2, 0.25) is 0 Å². The molecule has 0 aliphatic rings. The maximum atomic E-state index is 11.4. The monoisotopic (exact) mass is 225 g/mol. The van der Waals surface area contributed by atoms with E-state index in [0.29, 0.717) is 13.0 Å². The first-order chi connectivity index (χ1) is 7.51. The lowest BCUT2D eigenvalue weighted by Gasteiger charge is -2.10. The van der Waals surface area contributed by atoms with E-state index in [2.05, 4.69) is 11.9 Å². The third-order valence-corrected chi connectivity index (χ3v) is 2.24. The largest absolute Gasteiger partial charge is 0.481 e. The van der Waals surface area contributed by atoms with Crippen molar-refractivity contribution in [1.29, 1.82) is 0 Å². The zero-order valence-corrected chi connectivity index (χ0v) is 9.82. The Kier molecular flexibility index (Phi) is 6.92. The summed E-state index contributed by atoms with van der Waals surface area (Å²) in [5.74, 6) is -1.74. The Morgan fingerprint density at radius 2 is 2.12 bits per heavy atom. The van der Waals surface area contributed by atoms with Gasteiger partial charge in [0, 0.05) is 13.0 Å². The average molecular weight is 225 g/mol. The highest BCUT2D eigenvalue weighted by molar-refractivity contribution is 5.82. The molecule has 1 unspecified atom stereocenters. The van der Waals surface area contributed by atoms with Crippen LogP contribution in [0.5, 0.6) is 0 Å². The Morgan fingerprint density at radius 3 is 2.56 bits per heavy atom. The fourth-order valence-electron chi connectivity index (χ4n) is 1.20. The van der Waals surface area contributed by atoms with E-state index in [0.717, 1.165) is 5.57 Å². The van der Waals surface area contributed by atoms with Gasteiger partial charge in [-0.05, 0) is 13.3 Å². The molecule has 0 saturated carbocycles. The standard InChI is InChI=1S/C12H19NO3/c1-4-6-9(3)8-13-11(14)7-10(5-2)12(15)16/h4,6,10H,1,5,7-8H2,2-3H3,(H,13,14)(H,15,16)/b9-6+. The fraction of sp³-hybridized carbons (Fsp3) is 0.500. The molecule has 0 aromatic carbocycles. The first kappa shape index (κ1) is 14.4. The summed E-state index contributed by atoms with van der Waals surface area (Å²) in [5, 5.41) is 11.4. The first-order valence-electron chi connectivity index (χ1n) is 5.29. The lowest BCUT2D eigenvalue weighted by atomic mass is 10.0. The van der Waals surface area contributed by atoms with Crippen LogP contribution in [0.15, 0.2) is 24.3 Å². The minimum atomic E-state index is -0.920. The van der Waals surface area contributed by atoms with Crippen molar-refractivity contribution in [2.75, 3.05) is 6.54 Å². The van der Waals surface area contributed by atoms with Crippen molar-refractivity contribution < 1.29 is 14.7 Å². The third kappa shape index (κ3) is 6.01. The Morgan fingerprint density at radius 1 is 1.50 bits per heavy atom. The van der Waals surface area contributed by atoms with E-state index in [9.17, 15) is 9.59 Å². The van der Waals surface area contributed by atoms with Gasteiger partial charge >= 0.3 is 5.97 Å². The zero-order chi connectivity index (χ0) is 12.6. The lowest BCUT2D eigenvalue weighted by Crippen LogP contribution is -2.29. The van der Waals surface area contributed by atoms with Gasteiger partial charge in [0.25, 0.3) is 0 Å². The van der Waals surface area contributed by atoms with E-state index in [1.165, 1.54) is 0 Å². The Balaban J connectivity index is 4.03. The third-order valence-electron chi connectivity index (χ3n) is 2.24. The molecule has 0 saturated heterocycles. The molecule has 1 atom stereocenters. The number of hydrogen-bond donors (Lipinski definition) is 2. The predicted octanol–water partition coefficient (Wildman–Crippen LogP) is 1.74. The molecule has 0 spiro atoms. The number of rotatable bonds is 7. The van der Waals surface area contributed by atoms with Crippen molar-refractivity contribution in [3.63, 3.8) is 0 Å². The second kappa shape index (κ2) is 7.68. The van der Waals surface area contributed by atoms with E-state index < -0.39 is 11.9 Å². The van der Waals surface area contributed by atoms with Gasteiger partial charge < -0.3 is 10.4 Å². The molecule has 0 heterocycles. The molecule has 16 heavy (non-hydrogen) atoms. The van der Waals surface area contributed by atoms with E-state index in [-0.39, 0.29) is 12.3 Å². The number of hydrogen-bond acceptors (Lipinski definition) is 2. The molecule has 0 aromatic heterocycles. The van der Waals surface area contributed by atoms with Gasteiger partial charge in [-0.1, -0.05) is 31.2 Å². The van der Waals surface area contributed by atoms with Gasteiger partial charge in [0.15, 0.2) is 0 Å². The molecule has 0 radical (unpaired) electrons. The van der Waals surface area contributed by atoms with Gasteiger partial charge in [-0.25, -0.2) is 0 Å². The summed E-state index contributed by atoms with van der Waals surface area (Å²) in [5.41, 5.74) is 0.978. The Bertz CT molecular complexity index is 295. The highest BCUT2D eigenvalue weighted by Crippen LogP contribution is 2.07. The number of nitrogens with one attached hydrogen (secondary N) is 1. The molecule has 0 bridgehead atoms. The van der Waals surface area contributed by atoms with Crippen LogP contribution in [0.3, 0.4) is 0 Å². The summed E-state index contributed by atoms with van der Waals surface area (Å²) in [6.07, 6.45) is 3.94. The van der Waals surface area contributed by atoms with Gasteiger partial charge in [0.05, 0.1) is 5.92 Å². The smallest absolute Gasteiger partial charge is 0.307 e. The highest BCUT2D eigenvalue weighted by atomic mass is 16.4. The number of carbonyl (C=O) groups excluding carboxylic acids is 1. The quantitative estimate of drug-likeness (QED) is 0.648. The summed E-state index contributed by atoms with van der Waals surface area (Å²) < 4.78 is 0. The topological polar surface area (TPSA) is 66.4 Å². The molecular weight excluding hydrogens is 206 g/mol. The second-order valence-corrected chi connectivity index (χ2v) is 3.67. The van der Waals surface area contributed by atoms with Crippen LogP contribution in [0.25, 0.3) is 0 Å². The number of carboxylic acids is 1. The van der Waals surface area contributed by atoms with Crippen LogP contribution in [0, 0.1) is 5.92 Å². The molecule has 0 aliphatic carbocycles. The van der Waals surface area contributed by atoms with Crippen molar-refractivity contribution in [3.8, 4) is 0 Å². The van der Waals surface area contributed by atoms with Crippen LogP contribution in [-0.4, -0.2) is 23.5 Å². The maximum absolute atomic E-state index is 11.4. The molecule has 1 amide bonds. The van der Waals surface area contributed by atoms with Crippen molar-refractivity contribution in [2.45, 2.75) is 26.7 Å². The van der Waals surface area contributed by atoms with Crippen molar-refractivity contribution >= 4 is 11.9 Å². The summed E-state index contributed by atoms with van der Waals surface area (Å²) >= 11 is 0. The minimum Gasteiger partial charge on any atom is -0.481 e. The van der Waals surface area contributed by atoms with Crippen LogP contribution < -0.4 is 5.32 Å². The molecule has 4 heteroatoms. The Labute approximate surface area is 96.0 Å². The number of aliphatic carboxylic acids is 1.